The van der Waals surface area contributed by atoms with Gasteiger partial charge in [0.1, 0.15) is 11.7 Å². The Bertz CT molecular complexity index is 374. The van der Waals surface area contributed by atoms with Gasteiger partial charge in [-0.1, -0.05) is 6.07 Å². The molecule has 0 atom stereocenters. The minimum Gasteiger partial charge on any atom is -0.330 e. The van der Waals surface area contributed by atoms with Gasteiger partial charge in [0, 0.05) is 24.2 Å². The van der Waals surface area contributed by atoms with Crippen molar-refractivity contribution in [3.05, 3.63) is 29.6 Å². The normalized spacial score (nSPS) is 16.4. The lowest BCUT2D eigenvalue weighted by Gasteiger charge is -2.20. The van der Waals surface area contributed by atoms with E-state index in [1.807, 2.05) is 11.0 Å². The zero-order chi connectivity index (χ0) is 10.1. The zero-order valence-electron chi connectivity index (χ0n) is 8.18. The molecule has 0 aromatic heterocycles. The topological polar surface area (TPSA) is 27.1 Å². The van der Waals surface area contributed by atoms with E-state index in [9.17, 15) is 4.39 Å². The predicted molar refractivity (Wildman–Crippen MR) is 55.4 cm³/mol. The first-order valence-electron chi connectivity index (χ1n) is 4.80. The van der Waals surface area contributed by atoms with E-state index in [4.69, 9.17) is 5.41 Å². The number of nitrogens with zero attached hydrogens (tertiary/aromatic N) is 1. The van der Waals surface area contributed by atoms with E-state index < -0.39 is 0 Å². The molecular formula is C11H13FN2. The van der Waals surface area contributed by atoms with Gasteiger partial charge < -0.3 is 4.90 Å². The van der Waals surface area contributed by atoms with Gasteiger partial charge in [-0.3, -0.25) is 5.41 Å². The van der Waals surface area contributed by atoms with Crippen molar-refractivity contribution in [2.75, 3.05) is 11.4 Å². The molecule has 0 spiro atoms. The van der Waals surface area contributed by atoms with Crippen molar-refractivity contribution in [2.45, 2.75) is 19.8 Å². The van der Waals surface area contributed by atoms with Gasteiger partial charge in [-0.05, 0) is 25.5 Å². The summed E-state index contributed by atoms with van der Waals surface area (Å²) in [6.45, 7) is 2.60. The number of nitrogens with one attached hydrogen (secondary N) is 1. The monoisotopic (exact) mass is 192 g/mol. The van der Waals surface area contributed by atoms with Crippen LogP contribution >= 0.6 is 0 Å². The maximum atomic E-state index is 13.3. The maximum Gasteiger partial charge on any atom is 0.128 e. The van der Waals surface area contributed by atoms with Gasteiger partial charge in [-0.15, -0.1) is 0 Å². The van der Waals surface area contributed by atoms with Crippen molar-refractivity contribution in [1.82, 2.24) is 0 Å². The molecule has 1 aliphatic rings. The highest BCUT2D eigenvalue weighted by Gasteiger charge is 2.20. The third-order valence-electron chi connectivity index (χ3n) is 2.65. The lowest BCUT2D eigenvalue weighted by Crippen LogP contribution is -2.24. The van der Waals surface area contributed by atoms with Crippen molar-refractivity contribution in [1.29, 1.82) is 5.41 Å². The van der Waals surface area contributed by atoms with E-state index in [-0.39, 0.29) is 5.82 Å². The summed E-state index contributed by atoms with van der Waals surface area (Å²) in [5, 5.41) is 7.71. The molecule has 2 nitrogen and oxygen atoms in total. The van der Waals surface area contributed by atoms with Crippen LogP contribution < -0.4 is 4.90 Å². The molecule has 1 saturated heterocycles. The number of anilines is 1. The van der Waals surface area contributed by atoms with Crippen LogP contribution in [0.15, 0.2) is 18.2 Å². The van der Waals surface area contributed by atoms with E-state index in [1.165, 1.54) is 6.07 Å². The first kappa shape index (κ1) is 9.19. The van der Waals surface area contributed by atoms with Gasteiger partial charge in [0.05, 0.1) is 0 Å². The number of amidine groups is 1. The Kier molecular flexibility index (Phi) is 2.23. The third kappa shape index (κ3) is 1.39. The van der Waals surface area contributed by atoms with E-state index in [2.05, 4.69) is 0 Å². The Morgan fingerprint density at radius 1 is 1.43 bits per heavy atom. The summed E-state index contributed by atoms with van der Waals surface area (Å²) in [4.78, 5) is 1.89. The SMILES string of the molecule is Cc1c(F)cccc1N1CCCC1=N. The van der Waals surface area contributed by atoms with Gasteiger partial charge in [0.2, 0.25) is 0 Å². The Balaban J connectivity index is 2.41. The second-order valence-corrected chi connectivity index (χ2v) is 3.59. The minimum atomic E-state index is -0.192. The minimum absolute atomic E-state index is 0.192. The fourth-order valence-electron chi connectivity index (χ4n) is 1.83. The maximum absolute atomic E-state index is 13.3. The quantitative estimate of drug-likeness (QED) is 0.727. The van der Waals surface area contributed by atoms with Crippen molar-refractivity contribution >= 4 is 11.5 Å². The number of benzene rings is 1. The molecule has 1 N–H and O–H groups in total. The second kappa shape index (κ2) is 3.40. The van der Waals surface area contributed by atoms with Crippen LogP contribution in [0.5, 0.6) is 0 Å². The van der Waals surface area contributed by atoms with Crippen molar-refractivity contribution in [2.24, 2.45) is 0 Å². The summed E-state index contributed by atoms with van der Waals surface area (Å²) in [5.41, 5.74) is 1.48. The number of hydrogen-bond acceptors (Lipinski definition) is 1. The molecule has 0 aliphatic carbocycles. The molecule has 0 unspecified atom stereocenters. The van der Waals surface area contributed by atoms with Crippen LogP contribution in [0.3, 0.4) is 0 Å². The summed E-state index contributed by atoms with van der Waals surface area (Å²) >= 11 is 0. The summed E-state index contributed by atoms with van der Waals surface area (Å²) < 4.78 is 13.3. The number of rotatable bonds is 1. The number of halogens is 1. The summed E-state index contributed by atoms with van der Waals surface area (Å²) in [5.74, 6) is 0.404. The molecule has 1 aromatic rings. The Labute approximate surface area is 82.9 Å². The van der Waals surface area contributed by atoms with E-state index in [0.717, 1.165) is 25.1 Å². The first-order chi connectivity index (χ1) is 6.70. The van der Waals surface area contributed by atoms with Crippen LogP contribution in [0.2, 0.25) is 0 Å². The Morgan fingerprint density at radius 3 is 2.86 bits per heavy atom. The molecule has 3 heteroatoms. The molecule has 1 aromatic carbocycles. The van der Waals surface area contributed by atoms with E-state index >= 15 is 0 Å². The van der Waals surface area contributed by atoms with Gasteiger partial charge in [-0.25, -0.2) is 4.39 Å². The average molecular weight is 192 g/mol. The summed E-state index contributed by atoms with van der Waals surface area (Å²) in [6, 6.07) is 5.03. The molecular weight excluding hydrogens is 179 g/mol. The van der Waals surface area contributed by atoms with Gasteiger partial charge in [0.15, 0.2) is 0 Å². The van der Waals surface area contributed by atoms with Gasteiger partial charge >= 0.3 is 0 Å². The standard InChI is InChI=1S/C11H13FN2/c1-8-9(12)4-2-5-10(8)14-7-3-6-11(14)13/h2,4-5,13H,3,6-7H2,1H3. The van der Waals surface area contributed by atoms with Gasteiger partial charge in [0.25, 0.3) is 0 Å². The molecule has 0 amide bonds. The molecule has 14 heavy (non-hydrogen) atoms. The Morgan fingerprint density at radius 2 is 2.21 bits per heavy atom. The fourth-order valence-corrected chi connectivity index (χ4v) is 1.83. The van der Waals surface area contributed by atoms with Crippen LogP contribution in [0, 0.1) is 18.2 Å². The van der Waals surface area contributed by atoms with Crippen molar-refractivity contribution in [3.8, 4) is 0 Å². The van der Waals surface area contributed by atoms with Crippen LogP contribution in [0.4, 0.5) is 10.1 Å². The molecule has 1 aliphatic heterocycles. The van der Waals surface area contributed by atoms with Crippen LogP contribution in [0.1, 0.15) is 18.4 Å². The zero-order valence-corrected chi connectivity index (χ0v) is 8.18. The summed E-state index contributed by atoms with van der Waals surface area (Å²) in [6.07, 6.45) is 1.80. The fraction of sp³-hybridized carbons (Fsp3) is 0.364. The smallest absolute Gasteiger partial charge is 0.128 e. The summed E-state index contributed by atoms with van der Waals surface area (Å²) in [7, 11) is 0. The van der Waals surface area contributed by atoms with E-state index in [0.29, 0.717) is 11.4 Å². The molecule has 1 heterocycles. The van der Waals surface area contributed by atoms with Crippen molar-refractivity contribution in [3.63, 3.8) is 0 Å². The molecule has 0 saturated carbocycles. The van der Waals surface area contributed by atoms with Gasteiger partial charge in [-0.2, -0.15) is 0 Å². The predicted octanol–water partition coefficient (Wildman–Crippen LogP) is 2.71. The van der Waals surface area contributed by atoms with Crippen LogP contribution in [-0.2, 0) is 0 Å². The second-order valence-electron chi connectivity index (χ2n) is 3.59. The average Bonchev–Trinajstić information content (AvgIpc) is 2.57. The lowest BCUT2D eigenvalue weighted by atomic mass is 10.1. The molecule has 2 rings (SSSR count). The van der Waals surface area contributed by atoms with E-state index in [1.54, 1.807) is 13.0 Å². The number of hydrogen-bond donors (Lipinski definition) is 1. The van der Waals surface area contributed by atoms with Crippen LogP contribution in [0.25, 0.3) is 0 Å². The lowest BCUT2D eigenvalue weighted by molar-refractivity contribution is 0.618. The van der Waals surface area contributed by atoms with Crippen LogP contribution in [-0.4, -0.2) is 12.4 Å². The first-order valence-corrected chi connectivity index (χ1v) is 4.80. The molecule has 0 radical (unpaired) electrons. The Hall–Kier alpha value is -1.38. The highest BCUT2D eigenvalue weighted by atomic mass is 19.1. The largest absolute Gasteiger partial charge is 0.330 e. The third-order valence-corrected chi connectivity index (χ3v) is 2.65. The highest BCUT2D eigenvalue weighted by Crippen LogP contribution is 2.26. The van der Waals surface area contributed by atoms with Crippen molar-refractivity contribution < 1.29 is 4.39 Å². The molecule has 0 bridgehead atoms. The molecule has 74 valence electrons. The molecule has 1 fully saturated rings. The highest BCUT2D eigenvalue weighted by molar-refractivity contribution is 5.98.